The number of benzene rings is 2. The minimum atomic E-state index is -4.40. The van der Waals surface area contributed by atoms with E-state index in [9.17, 15) is 23.4 Å². The summed E-state index contributed by atoms with van der Waals surface area (Å²) in [5, 5.41) is 21.7. The first kappa shape index (κ1) is 15.0. The van der Waals surface area contributed by atoms with Crippen LogP contribution in [-0.4, -0.2) is 10.2 Å². The fourth-order valence-electron chi connectivity index (χ4n) is 1.99. The first-order valence-electron chi connectivity index (χ1n) is 6.22. The van der Waals surface area contributed by atoms with Gasteiger partial charge in [-0.2, -0.15) is 13.2 Å². The van der Waals surface area contributed by atoms with Crippen molar-refractivity contribution in [1.29, 1.82) is 0 Å². The van der Waals surface area contributed by atoms with Gasteiger partial charge in [-0.05, 0) is 42.8 Å². The highest BCUT2D eigenvalue weighted by molar-refractivity contribution is 5.49. The maximum atomic E-state index is 12.6. The van der Waals surface area contributed by atoms with Crippen molar-refractivity contribution < 1.29 is 23.4 Å². The fraction of sp³-hybridized carbons (Fsp3) is 0.200. The molecule has 0 fully saturated rings. The monoisotopic (exact) mass is 297 g/mol. The van der Waals surface area contributed by atoms with Crippen LogP contribution in [0, 0.1) is 0 Å². The van der Waals surface area contributed by atoms with E-state index in [1.54, 1.807) is 6.92 Å². The number of hydrogen-bond acceptors (Lipinski definition) is 3. The zero-order valence-electron chi connectivity index (χ0n) is 11.1. The maximum absolute atomic E-state index is 12.6. The van der Waals surface area contributed by atoms with E-state index in [0.717, 1.165) is 12.1 Å². The molecular formula is C15H14F3NO2. The number of anilines is 1. The van der Waals surface area contributed by atoms with E-state index in [4.69, 9.17) is 0 Å². The van der Waals surface area contributed by atoms with Crippen molar-refractivity contribution in [2.24, 2.45) is 0 Å². The third kappa shape index (κ3) is 3.81. The Morgan fingerprint density at radius 1 is 1.00 bits per heavy atom. The summed E-state index contributed by atoms with van der Waals surface area (Å²) < 4.78 is 37.9. The standard InChI is InChI=1S/C15H14F3NO2/c1-9(10-5-13(20)8-14(21)6-10)19-12-4-2-3-11(7-12)15(16,17)18/h2-9,19-21H,1H3. The number of aromatic hydroxyl groups is 2. The summed E-state index contributed by atoms with van der Waals surface area (Å²) in [6.07, 6.45) is -4.40. The first-order chi connectivity index (χ1) is 9.75. The van der Waals surface area contributed by atoms with Gasteiger partial charge in [0.1, 0.15) is 11.5 Å². The lowest BCUT2D eigenvalue weighted by Crippen LogP contribution is -2.09. The van der Waals surface area contributed by atoms with Crippen molar-refractivity contribution >= 4 is 5.69 Å². The lowest BCUT2D eigenvalue weighted by atomic mass is 10.1. The Kier molecular flexibility index (Phi) is 3.97. The molecule has 1 atom stereocenters. The van der Waals surface area contributed by atoms with Crippen LogP contribution in [0.2, 0.25) is 0 Å². The molecule has 0 aromatic heterocycles. The minimum absolute atomic E-state index is 0.109. The lowest BCUT2D eigenvalue weighted by Gasteiger charge is -2.17. The van der Waals surface area contributed by atoms with E-state index >= 15 is 0 Å². The predicted molar refractivity (Wildman–Crippen MR) is 73.3 cm³/mol. The molecule has 3 nitrogen and oxygen atoms in total. The summed E-state index contributed by atoms with van der Waals surface area (Å²) in [7, 11) is 0. The average Bonchev–Trinajstić information content (AvgIpc) is 2.37. The van der Waals surface area contributed by atoms with Crippen molar-refractivity contribution in [1.82, 2.24) is 0 Å². The molecule has 6 heteroatoms. The zero-order valence-corrected chi connectivity index (χ0v) is 11.1. The molecule has 0 radical (unpaired) electrons. The highest BCUT2D eigenvalue weighted by Crippen LogP contribution is 2.32. The molecule has 0 saturated heterocycles. The van der Waals surface area contributed by atoms with Crippen LogP contribution in [0.5, 0.6) is 11.5 Å². The van der Waals surface area contributed by atoms with Crippen LogP contribution in [-0.2, 0) is 6.18 Å². The van der Waals surface area contributed by atoms with Crippen molar-refractivity contribution in [2.45, 2.75) is 19.1 Å². The third-order valence-electron chi connectivity index (χ3n) is 3.00. The molecule has 2 aromatic rings. The second-order valence-corrected chi connectivity index (χ2v) is 4.73. The van der Waals surface area contributed by atoms with Crippen LogP contribution in [0.3, 0.4) is 0 Å². The Balaban J connectivity index is 2.21. The quantitative estimate of drug-likeness (QED) is 0.792. The average molecular weight is 297 g/mol. The summed E-state index contributed by atoms with van der Waals surface area (Å²) in [5.41, 5.74) is 0.128. The molecule has 0 saturated carbocycles. The van der Waals surface area contributed by atoms with E-state index in [1.165, 1.54) is 30.3 Å². The number of nitrogens with one attached hydrogen (secondary N) is 1. The molecule has 21 heavy (non-hydrogen) atoms. The van der Waals surface area contributed by atoms with Gasteiger partial charge in [-0.1, -0.05) is 6.07 Å². The minimum Gasteiger partial charge on any atom is -0.508 e. The SMILES string of the molecule is CC(Nc1cccc(C(F)(F)F)c1)c1cc(O)cc(O)c1. The maximum Gasteiger partial charge on any atom is 0.416 e. The van der Waals surface area contributed by atoms with Crippen LogP contribution in [0.4, 0.5) is 18.9 Å². The number of hydrogen-bond donors (Lipinski definition) is 3. The smallest absolute Gasteiger partial charge is 0.416 e. The molecule has 0 heterocycles. The molecule has 0 spiro atoms. The third-order valence-corrected chi connectivity index (χ3v) is 3.00. The molecule has 0 aliphatic heterocycles. The molecule has 0 amide bonds. The van der Waals surface area contributed by atoms with E-state index in [0.29, 0.717) is 11.3 Å². The van der Waals surface area contributed by atoms with Gasteiger partial charge in [0.15, 0.2) is 0 Å². The number of halogens is 3. The van der Waals surface area contributed by atoms with Crippen LogP contribution in [0.1, 0.15) is 24.1 Å². The highest BCUT2D eigenvalue weighted by Gasteiger charge is 2.30. The van der Waals surface area contributed by atoms with Gasteiger partial charge >= 0.3 is 6.18 Å². The van der Waals surface area contributed by atoms with Gasteiger partial charge < -0.3 is 15.5 Å². The van der Waals surface area contributed by atoms with Crippen LogP contribution in [0.25, 0.3) is 0 Å². The first-order valence-corrected chi connectivity index (χ1v) is 6.22. The summed E-state index contributed by atoms with van der Waals surface area (Å²) in [6, 6.07) is 8.52. The van der Waals surface area contributed by atoms with Crippen molar-refractivity contribution in [3.63, 3.8) is 0 Å². The molecule has 112 valence electrons. The lowest BCUT2D eigenvalue weighted by molar-refractivity contribution is -0.137. The Morgan fingerprint density at radius 3 is 2.19 bits per heavy atom. The fourth-order valence-corrected chi connectivity index (χ4v) is 1.99. The van der Waals surface area contributed by atoms with Crippen LogP contribution in [0.15, 0.2) is 42.5 Å². The molecule has 2 aromatic carbocycles. The second-order valence-electron chi connectivity index (χ2n) is 4.73. The summed E-state index contributed by atoms with van der Waals surface area (Å²) in [5.74, 6) is -0.217. The Morgan fingerprint density at radius 2 is 1.62 bits per heavy atom. The van der Waals surface area contributed by atoms with Gasteiger partial charge in [0.2, 0.25) is 0 Å². The number of phenolic OH excluding ortho intramolecular Hbond substituents is 2. The Bertz CT molecular complexity index is 621. The number of phenols is 2. The Labute approximate surface area is 119 Å². The van der Waals surface area contributed by atoms with Crippen molar-refractivity contribution in [2.75, 3.05) is 5.32 Å². The van der Waals surface area contributed by atoms with Crippen molar-refractivity contribution in [3.05, 3.63) is 53.6 Å². The topological polar surface area (TPSA) is 52.5 Å². The molecule has 0 aliphatic carbocycles. The molecular weight excluding hydrogens is 283 g/mol. The van der Waals surface area contributed by atoms with E-state index in [-0.39, 0.29) is 17.5 Å². The van der Waals surface area contributed by atoms with Gasteiger partial charge in [-0.25, -0.2) is 0 Å². The van der Waals surface area contributed by atoms with Crippen LogP contribution >= 0.6 is 0 Å². The van der Waals surface area contributed by atoms with Crippen molar-refractivity contribution in [3.8, 4) is 11.5 Å². The summed E-state index contributed by atoms with van der Waals surface area (Å²) in [6.45, 7) is 1.72. The van der Waals surface area contributed by atoms with Gasteiger partial charge in [0, 0.05) is 17.8 Å². The summed E-state index contributed by atoms with van der Waals surface area (Å²) in [4.78, 5) is 0. The number of rotatable bonds is 3. The van der Waals surface area contributed by atoms with Crippen LogP contribution < -0.4 is 5.32 Å². The van der Waals surface area contributed by atoms with Gasteiger partial charge in [-0.15, -0.1) is 0 Å². The Hall–Kier alpha value is -2.37. The van der Waals surface area contributed by atoms with E-state index in [2.05, 4.69) is 5.32 Å². The highest BCUT2D eigenvalue weighted by atomic mass is 19.4. The molecule has 1 unspecified atom stereocenters. The molecule has 0 aliphatic rings. The number of alkyl halides is 3. The molecule has 0 bridgehead atoms. The zero-order chi connectivity index (χ0) is 15.6. The second kappa shape index (κ2) is 5.55. The van der Waals surface area contributed by atoms with Gasteiger partial charge in [0.25, 0.3) is 0 Å². The van der Waals surface area contributed by atoms with E-state index < -0.39 is 11.7 Å². The van der Waals surface area contributed by atoms with Gasteiger partial charge in [0.05, 0.1) is 5.56 Å². The molecule has 3 N–H and O–H groups in total. The van der Waals surface area contributed by atoms with Gasteiger partial charge in [-0.3, -0.25) is 0 Å². The largest absolute Gasteiger partial charge is 0.508 e. The summed E-state index contributed by atoms with van der Waals surface area (Å²) >= 11 is 0. The normalized spacial score (nSPS) is 13.0. The molecule has 2 rings (SSSR count). The predicted octanol–water partition coefficient (Wildman–Crippen LogP) is 4.29. The van der Waals surface area contributed by atoms with E-state index in [1.807, 2.05) is 0 Å².